The molecule has 0 unspecified atom stereocenters. The van der Waals surface area contributed by atoms with Crippen molar-refractivity contribution in [3.8, 4) is 0 Å². The molecule has 118 valence electrons. The van der Waals surface area contributed by atoms with Gasteiger partial charge in [0.25, 0.3) is 0 Å². The zero-order valence-electron chi connectivity index (χ0n) is 12.7. The number of carbonyl (C=O) groups excluding carboxylic acids is 2. The summed E-state index contributed by atoms with van der Waals surface area (Å²) < 4.78 is 10.0. The van der Waals surface area contributed by atoms with Crippen molar-refractivity contribution >= 4 is 11.9 Å². The molecule has 0 aromatic heterocycles. The molecule has 0 saturated carbocycles. The number of aliphatic hydroxyl groups is 1. The third-order valence-electron chi connectivity index (χ3n) is 2.90. The van der Waals surface area contributed by atoms with Gasteiger partial charge in [-0.3, -0.25) is 9.59 Å². The van der Waals surface area contributed by atoms with Crippen molar-refractivity contribution in [2.75, 3.05) is 13.2 Å². The summed E-state index contributed by atoms with van der Waals surface area (Å²) in [4.78, 5) is 22.9. The second kappa shape index (κ2) is 12.9. The first-order chi connectivity index (χ1) is 9.63. The predicted octanol–water partition coefficient (Wildman–Crippen LogP) is 2.59. The lowest BCUT2D eigenvalue weighted by atomic mass is 10.2. The van der Waals surface area contributed by atoms with Crippen LogP contribution in [-0.4, -0.2) is 36.4 Å². The van der Waals surface area contributed by atoms with Crippen molar-refractivity contribution in [2.45, 2.75) is 71.3 Å². The molecule has 0 spiro atoms. The molecule has 1 atom stereocenters. The van der Waals surface area contributed by atoms with Gasteiger partial charge in [0, 0.05) is 12.8 Å². The van der Waals surface area contributed by atoms with Gasteiger partial charge in [0.05, 0.1) is 6.61 Å². The molecule has 0 rings (SSSR count). The molecule has 0 radical (unpaired) electrons. The van der Waals surface area contributed by atoms with Gasteiger partial charge in [-0.15, -0.1) is 0 Å². The highest BCUT2D eigenvalue weighted by atomic mass is 16.6. The first kappa shape index (κ1) is 18.9. The molecule has 20 heavy (non-hydrogen) atoms. The highest BCUT2D eigenvalue weighted by Crippen LogP contribution is 2.05. The molecule has 0 heterocycles. The second-order valence-corrected chi connectivity index (χ2v) is 4.89. The number of carbonyl (C=O) groups is 2. The van der Waals surface area contributed by atoms with Gasteiger partial charge >= 0.3 is 11.9 Å². The molecule has 0 saturated heterocycles. The van der Waals surface area contributed by atoms with Gasteiger partial charge in [0.15, 0.2) is 6.10 Å². The molecular weight excluding hydrogens is 260 g/mol. The van der Waals surface area contributed by atoms with E-state index in [2.05, 4.69) is 13.8 Å². The number of aliphatic hydroxyl groups excluding tert-OH is 1. The predicted molar refractivity (Wildman–Crippen MR) is 76.2 cm³/mol. The molecule has 0 aliphatic heterocycles. The van der Waals surface area contributed by atoms with Gasteiger partial charge in [0.1, 0.15) is 6.61 Å². The monoisotopic (exact) mass is 288 g/mol. The van der Waals surface area contributed by atoms with Crippen LogP contribution in [0.5, 0.6) is 0 Å². The number of unbranched alkanes of at least 4 members (excludes halogenated alkanes) is 4. The number of hydrogen-bond acceptors (Lipinski definition) is 5. The van der Waals surface area contributed by atoms with Crippen LogP contribution in [0.2, 0.25) is 0 Å². The molecule has 0 aliphatic carbocycles. The Kier molecular flexibility index (Phi) is 12.2. The fraction of sp³-hybridized carbons (Fsp3) is 0.867. The summed E-state index contributed by atoms with van der Waals surface area (Å²) >= 11 is 0. The highest BCUT2D eigenvalue weighted by molar-refractivity contribution is 5.70. The van der Waals surface area contributed by atoms with Gasteiger partial charge in [-0.2, -0.15) is 0 Å². The molecule has 5 nitrogen and oxygen atoms in total. The molecule has 5 heteroatoms. The number of esters is 2. The average Bonchev–Trinajstić information content (AvgIpc) is 2.44. The summed E-state index contributed by atoms with van der Waals surface area (Å²) in [5.74, 6) is -0.654. The normalized spacial score (nSPS) is 11.9. The molecule has 0 amide bonds. The molecule has 0 aromatic carbocycles. The summed E-state index contributed by atoms with van der Waals surface area (Å²) in [6.07, 6.45) is 5.59. The van der Waals surface area contributed by atoms with E-state index in [1.54, 1.807) is 0 Å². The average molecular weight is 288 g/mol. The van der Waals surface area contributed by atoms with Crippen LogP contribution in [-0.2, 0) is 19.1 Å². The quantitative estimate of drug-likeness (QED) is 0.441. The van der Waals surface area contributed by atoms with Gasteiger partial charge < -0.3 is 14.6 Å². The van der Waals surface area contributed by atoms with Gasteiger partial charge in [-0.1, -0.05) is 39.5 Å². The Hall–Kier alpha value is -1.10. The lowest BCUT2D eigenvalue weighted by Gasteiger charge is -2.15. The van der Waals surface area contributed by atoms with Gasteiger partial charge in [0.2, 0.25) is 0 Å². The molecule has 0 aliphatic rings. The lowest BCUT2D eigenvalue weighted by Crippen LogP contribution is -2.28. The minimum atomic E-state index is -0.751. The molecule has 1 N–H and O–H groups in total. The van der Waals surface area contributed by atoms with Crippen LogP contribution in [0.15, 0.2) is 0 Å². The molecule has 0 bridgehead atoms. The Bertz CT molecular complexity index is 265. The first-order valence-electron chi connectivity index (χ1n) is 7.59. The Balaban J connectivity index is 3.79. The van der Waals surface area contributed by atoms with E-state index >= 15 is 0 Å². The summed E-state index contributed by atoms with van der Waals surface area (Å²) in [6.45, 7) is 3.72. The maximum atomic E-state index is 11.5. The Morgan fingerprint density at radius 1 is 0.950 bits per heavy atom. The zero-order chi connectivity index (χ0) is 15.2. The Morgan fingerprint density at radius 3 is 2.00 bits per heavy atom. The van der Waals surface area contributed by atoms with E-state index in [0.29, 0.717) is 12.8 Å². The van der Waals surface area contributed by atoms with Crippen LogP contribution in [0, 0.1) is 0 Å². The topological polar surface area (TPSA) is 72.8 Å². The SMILES string of the molecule is CCCCCC(=O)OC[C@H](CO)OC(=O)CCCCC. The standard InChI is InChI=1S/C15H28O5/c1-3-5-7-9-14(17)19-12-13(11-16)20-15(18)10-8-6-4-2/h13,16H,3-12H2,1-2H3/t13-/m0/s1. The maximum Gasteiger partial charge on any atom is 0.306 e. The first-order valence-corrected chi connectivity index (χ1v) is 7.59. The van der Waals surface area contributed by atoms with Gasteiger partial charge in [-0.05, 0) is 12.8 Å². The third kappa shape index (κ3) is 10.8. The van der Waals surface area contributed by atoms with Crippen LogP contribution >= 0.6 is 0 Å². The fourth-order valence-corrected chi connectivity index (χ4v) is 1.67. The van der Waals surface area contributed by atoms with Crippen molar-refractivity contribution in [1.29, 1.82) is 0 Å². The highest BCUT2D eigenvalue weighted by Gasteiger charge is 2.15. The van der Waals surface area contributed by atoms with E-state index in [-0.39, 0.29) is 25.2 Å². The van der Waals surface area contributed by atoms with E-state index in [9.17, 15) is 9.59 Å². The van der Waals surface area contributed by atoms with Crippen LogP contribution in [0.25, 0.3) is 0 Å². The summed E-state index contributed by atoms with van der Waals surface area (Å²) in [5, 5.41) is 9.11. The third-order valence-corrected chi connectivity index (χ3v) is 2.90. The van der Waals surface area contributed by atoms with E-state index < -0.39 is 6.10 Å². The summed E-state index contributed by atoms with van der Waals surface area (Å²) in [7, 11) is 0. The van der Waals surface area contributed by atoms with E-state index in [0.717, 1.165) is 38.5 Å². The van der Waals surface area contributed by atoms with Crippen LogP contribution < -0.4 is 0 Å². The van der Waals surface area contributed by atoms with E-state index in [1.807, 2.05) is 0 Å². The maximum absolute atomic E-state index is 11.5. The van der Waals surface area contributed by atoms with Crippen molar-refractivity contribution in [1.82, 2.24) is 0 Å². The van der Waals surface area contributed by atoms with Crippen molar-refractivity contribution in [3.63, 3.8) is 0 Å². The summed E-state index contributed by atoms with van der Waals surface area (Å²) in [5.41, 5.74) is 0. The van der Waals surface area contributed by atoms with Crippen molar-refractivity contribution in [3.05, 3.63) is 0 Å². The van der Waals surface area contributed by atoms with Gasteiger partial charge in [-0.25, -0.2) is 0 Å². The minimum Gasteiger partial charge on any atom is -0.462 e. The number of hydrogen-bond donors (Lipinski definition) is 1. The second-order valence-electron chi connectivity index (χ2n) is 4.89. The van der Waals surface area contributed by atoms with E-state index in [1.165, 1.54) is 0 Å². The van der Waals surface area contributed by atoms with Crippen molar-refractivity contribution in [2.24, 2.45) is 0 Å². The smallest absolute Gasteiger partial charge is 0.306 e. The Labute approximate surface area is 121 Å². The Morgan fingerprint density at radius 2 is 1.50 bits per heavy atom. The van der Waals surface area contributed by atoms with Crippen LogP contribution in [0.4, 0.5) is 0 Å². The lowest BCUT2D eigenvalue weighted by molar-refractivity contribution is -0.161. The van der Waals surface area contributed by atoms with E-state index in [4.69, 9.17) is 14.6 Å². The summed E-state index contributed by atoms with van der Waals surface area (Å²) in [6, 6.07) is 0. The van der Waals surface area contributed by atoms with Crippen LogP contribution in [0.3, 0.4) is 0 Å². The van der Waals surface area contributed by atoms with Crippen LogP contribution in [0.1, 0.15) is 65.2 Å². The van der Waals surface area contributed by atoms with Crippen molar-refractivity contribution < 1.29 is 24.2 Å². The number of ether oxygens (including phenoxy) is 2. The zero-order valence-corrected chi connectivity index (χ0v) is 12.7. The molecular formula is C15H28O5. The minimum absolute atomic E-state index is 0.0685. The fourth-order valence-electron chi connectivity index (χ4n) is 1.67. The largest absolute Gasteiger partial charge is 0.462 e. The molecule has 0 fully saturated rings. The molecule has 0 aromatic rings. The number of rotatable bonds is 12.